The number of nitrogens with one attached hydrogen (secondary N) is 1. The largest absolute Gasteiger partial charge is 0.328 e. The van der Waals surface area contributed by atoms with Gasteiger partial charge in [-0.15, -0.1) is 0 Å². The molecule has 4 heterocycles. The van der Waals surface area contributed by atoms with Crippen LogP contribution in [0, 0.1) is 17.7 Å². The second kappa shape index (κ2) is 7.70. The van der Waals surface area contributed by atoms with E-state index in [2.05, 4.69) is 29.9 Å². The van der Waals surface area contributed by atoms with Gasteiger partial charge in [0, 0.05) is 29.3 Å². The summed E-state index contributed by atoms with van der Waals surface area (Å²) >= 11 is 0. The Morgan fingerprint density at radius 2 is 1.94 bits per heavy atom. The third kappa shape index (κ3) is 3.37. The topological polar surface area (TPSA) is 102 Å². The molecule has 1 aliphatic heterocycles. The third-order valence-electron chi connectivity index (χ3n) is 5.92. The molecule has 0 aromatic carbocycles. The van der Waals surface area contributed by atoms with Crippen molar-refractivity contribution in [1.82, 2.24) is 29.5 Å². The number of H-pyrrole nitrogens is 1. The summed E-state index contributed by atoms with van der Waals surface area (Å²) in [7, 11) is 0. The van der Waals surface area contributed by atoms with E-state index in [1.165, 1.54) is 16.8 Å². The van der Waals surface area contributed by atoms with Gasteiger partial charge in [-0.1, -0.05) is 6.92 Å². The van der Waals surface area contributed by atoms with Crippen molar-refractivity contribution < 1.29 is 8.78 Å². The van der Waals surface area contributed by atoms with Crippen molar-refractivity contribution in [2.24, 2.45) is 16.8 Å². The summed E-state index contributed by atoms with van der Waals surface area (Å²) in [5.41, 5.74) is 1.99. The summed E-state index contributed by atoms with van der Waals surface area (Å²) < 4.78 is 28.6. The average Bonchev–Trinajstić information content (AvgIpc) is 3.12. The number of rotatable bonds is 3. The molecule has 2 bridgehead atoms. The van der Waals surface area contributed by atoms with Gasteiger partial charge in [0.15, 0.2) is 23.1 Å². The van der Waals surface area contributed by atoms with Gasteiger partial charge < -0.3 is 4.98 Å². The fourth-order valence-corrected chi connectivity index (χ4v) is 4.12. The van der Waals surface area contributed by atoms with Crippen molar-refractivity contribution in [3.05, 3.63) is 76.8 Å². The number of nitrogens with zero attached hydrogens (tertiary/aromatic N) is 6. The van der Waals surface area contributed by atoms with Crippen LogP contribution in [0.4, 0.5) is 8.78 Å². The number of aliphatic imine (C=N–C) groups is 1. The highest BCUT2D eigenvalue weighted by Crippen LogP contribution is 2.37. The molecule has 10 heteroatoms. The fraction of sp³-hybridized carbons (Fsp3) is 0.273. The first-order valence-corrected chi connectivity index (χ1v) is 10.2. The lowest BCUT2D eigenvalue weighted by Crippen LogP contribution is -2.25. The van der Waals surface area contributed by atoms with E-state index in [4.69, 9.17) is 0 Å². The first kappa shape index (κ1) is 20.1. The van der Waals surface area contributed by atoms with Crippen LogP contribution in [-0.4, -0.2) is 35.2 Å². The van der Waals surface area contributed by atoms with Gasteiger partial charge in [0.25, 0.3) is 0 Å². The Morgan fingerprint density at radius 3 is 2.72 bits per heavy atom. The molecule has 8 nitrogen and oxygen atoms in total. The van der Waals surface area contributed by atoms with Crippen LogP contribution in [0.3, 0.4) is 0 Å². The van der Waals surface area contributed by atoms with E-state index in [0.717, 1.165) is 23.7 Å². The highest BCUT2D eigenvalue weighted by molar-refractivity contribution is 6.00. The minimum absolute atomic E-state index is 0.0508. The molecule has 1 aliphatic carbocycles. The molecule has 162 valence electrons. The standard InChI is InChI=1S/C22H19F2N7O/c1-11-15-5-3-13(23)4-6-17(11)25-9-16(15)20-28-10-18-21(30-20)31(22(32)29-18)12(2)19-26-7-14(24)8-27-19/h3-4,6-12,15H,5H2,1-2H3,(H,29,32). The van der Waals surface area contributed by atoms with Crippen molar-refractivity contribution in [1.29, 1.82) is 0 Å². The molecule has 0 amide bonds. The minimum atomic E-state index is -0.591. The molecular formula is C22H19F2N7O. The van der Waals surface area contributed by atoms with Crippen LogP contribution in [0.25, 0.3) is 16.7 Å². The van der Waals surface area contributed by atoms with Gasteiger partial charge in [0.05, 0.1) is 24.6 Å². The molecule has 32 heavy (non-hydrogen) atoms. The maximum atomic E-state index is 13.9. The molecule has 3 atom stereocenters. The minimum Gasteiger partial charge on any atom is -0.303 e. The van der Waals surface area contributed by atoms with E-state index in [9.17, 15) is 13.6 Å². The second-order valence-corrected chi connectivity index (χ2v) is 7.86. The van der Waals surface area contributed by atoms with Crippen LogP contribution in [-0.2, 0) is 0 Å². The summed E-state index contributed by atoms with van der Waals surface area (Å²) in [5.74, 6) is -0.186. The van der Waals surface area contributed by atoms with Gasteiger partial charge in [-0.3, -0.25) is 9.56 Å². The maximum Gasteiger partial charge on any atom is 0.328 e. The van der Waals surface area contributed by atoms with Crippen molar-refractivity contribution in [3.63, 3.8) is 0 Å². The smallest absolute Gasteiger partial charge is 0.303 e. The zero-order valence-electron chi connectivity index (χ0n) is 17.3. The number of hydrogen-bond donors (Lipinski definition) is 1. The zero-order valence-corrected chi connectivity index (χ0v) is 17.3. The molecule has 2 aliphatic rings. The van der Waals surface area contributed by atoms with Crippen molar-refractivity contribution in [2.75, 3.05) is 0 Å². The summed E-state index contributed by atoms with van der Waals surface area (Å²) in [6, 6.07) is -0.591. The number of fused-ring (bicyclic) bond motifs is 3. The predicted octanol–water partition coefficient (Wildman–Crippen LogP) is 3.52. The third-order valence-corrected chi connectivity index (χ3v) is 5.92. The molecule has 3 aromatic rings. The fourth-order valence-electron chi connectivity index (χ4n) is 4.12. The van der Waals surface area contributed by atoms with Crippen LogP contribution in [0.15, 0.2) is 58.6 Å². The normalized spacial score (nSPS) is 21.4. The van der Waals surface area contributed by atoms with Gasteiger partial charge in [-0.05, 0) is 31.6 Å². The van der Waals surface area contributed by atoms with Crippen LogP contribution in [0.5, 0.6) is 0 Å². The van der Waals surface area contributed by atoms with E-state index in [1.54, 1.807) is 25.3 Å². The van der Waals surface area contributed by atoms with Gasteiger partial charge in [-0.25, -0.2) is 33.5 Å². The SMILES string of the molecule is CC1C2=NC=C(c3ncc4[nH]c(=O)n(C(C)c5ncc(F)cn5)c4n3)C1CC=C(F)C=C2. The van der Waals surface area contributed by atoms with Gasteiger partial charge in [-0.2, -0.15) is 0 Å². The van der Waals surface area contributed by atoms with Crippen LogP contribution in [0.2, 0.25) is 0 Å². The lowest BCUT2D eigenvalue weighted by molar-refractivity contribution is 0.540. The number of hydrogen-bond acceptors (Lipinski definition) is 6. The van der Waals surface area contributed by atoms with E-state index >= 15 is 0 Å². The Bertz CT molecular complexity index is 1380. The molecule has 3 aromatic heterocycles. The Balaban J connectivity index is 1.61. The molecule has 3 unspecified atom stereocenters. The van der Waals surface area contributed by atoms with E-state index < -0.39 is 17.5 Å². The van der Waals surface area contributed by atoms with Gasteiger partial charge in [0.2, 0.25) is 0 Å². The Morgan fingerprint density at radius 1 is 1.16 bits per heavy atom. The number of aromatic nitrogens is 6. The van der Waals surface area contributed by atoms with E-state index in [1.807, 2.05) is 6.92 Å². The number of allylic oxidation sites excluding steroid dienone is 5. The second-order valence-electron chi connectivity index (χ2n) is 7.86. The number of imidazole rings is 1. The van der Waals surface area contributed by atoms with Crippen LogP contribution < -0.4 is 5.69 Å². The zero-order chi connectivity index (χ0) is 22.4. The van der Waals surface area contributed by atoms with Gasteiger partial charge in [0.1, 0.15) is 11.3 Å². The summed E-state index contributed by atoms with van der Waals surface area (Å²) in [5, 5.41) is 0. The highest BCUT2D eigenvalue weighted by atomic mass is 19.1. The lowest BCUT2D eigenvalue weighted by atomic mass is 9.79. The molecule has 0 spiro atoms. The summed E-state index contributed by atoms with van der Waals surface area (Å²) in [4.78, 5) is 37.0. The van der Waals surface area contributed by atoms with Crippen LogP contribution >= 0.6 is 0 Å². The molecule has 0 saturated heterocycles. The van der Waals surface area contributed by atoms with Crippen molar-refractivity contribution in [2.45, 2.75) is 26.3 Å². The van der Waals surface area contributed by atoms with Crippen molar-refractivity contribution >= 4 is 22.4 Å². The maximum absolute atomic E-state index is 13.9. The molecule has 1 N–H and O–H groups in total. The molecule has 0 fully saturated rings. The molecule has 0 radical (unpaired) electrons. The van der Waals surface area contributed by atoms with Gasteiger partial charge >= 0.3 is 5.69 Å². The highest BCUT2D eigenvalue weighted by Gasteiger charge is 2.31. The molecule has 5 rings (SSSR count). The quantitative estimate of drug-likeness (QED) is 0.678. The molecule has 0 saturated carbocycles. The van der Waals surface area contributed by atoms with Crippen LogP contribution in [0.1, 0.15) is 38.0 Å². The lowest BCUT2D eigenvalue weighted by Gasteiger charge is -2.29. The number of halogens is 2. The van der Waals surface area contributed by atoms with E-state index in [0.29, 0.717) is 23.4 Å². The first-order chi connectivity index (χ1) is 15.4. The Labute approximate surface area is 181 Å². The Hall–Kier alpha value is -3.82. The average molecular weight is 435 g/mol. The number of aromatic amines is 1. The predicted molar refractivity (Wildman–Crippen MR) is 115 cm³/mol. The monoisotopic (exact) mass is 435 g/mol. The summed E-state index contributed by atoms with van der Waals surface area (Å²) in [6.07, 6.45) is 10.5. The first-order valence-electron chi connectivity index (χ1n) is 10.2. The van der Waals surface area contributed by atoms with Crippen molar-refractivity contribution in [3.8, 4) is 0 Å². The Kier molecular flexibility index (Phi) is 4.84. The molecular weight excluding hydrogens is 416 g/mol. The van der Waals surface area contributed by atoms with E-state index in [-0.39, 0.29) is 23.5 Å². The summed E-state index contributed by atoms with van der Waals surface area (Å²) in [6.45, 7) is 3.77.